The molecular weight excluding hydrogens is 218 g/mol. The zero-order valence-corrected chi connectivity index (χ0v) is 10.9. The van der Waals surface area contributed by atoms with Crippen molar-refractivity contribution >= 4 is 11.6 Å². The summed E-state index contributed by atoms with van der Waals surface area (Å²) in [6.07, 6.45) is 1.51. The monoisotopic (exact) mass is 239 g/mol. The van der Waals surface area contributed by atoms with Crippen LogP contribution in [0.3, 0.4) is 0 Å². The second-order valence-corrected chi connectivity index (χ2v) is 3.91. The summed E-state index contributed by atoms with van der Waals surface area (Å²) in [7, 11) is 1.70. The minimum absolute atomic E-state index is 0.254. The van der Waals surface area contributed by atoms with Gasteiger partial charge in [0.1, 0.15) is 18.0 Å². The lowest BCUT2D eigenvalue weighted by Crippen LogP contribution is -2.37. The van der Waals surface area contributed by atoms with Crippen LogP contribution in [0.4, 0.5) is 11.6 Å². The fourth-order valence-electron chi connectivity index (χ4n) is 1.88. The summed E-state index contributed by atoms with van der Waals surface area (Å²) in [5, 5.41) is 0. The van der Waals surface area contributed by atoms with E-state index in [1.54, 1.807) is 7.11 Å². The third kappa shape index (κ3) is 3.04. The number of methoxy groups -OCH3 is 1. The number of nitrogens with one attached hydrogen (secondary N) is 1. The Morgan fingerprint density at radius 3 is 2.76 bits per heavy atom. The third-order valence-electron chi connectivity index (χ3n) is 2.75. The molecule has 0 spiro atoms. The van der Waals surface area contributed by atoms with Gasteiger partial charge in [-0.1, -0.05) is 0 Å². The van der Waals surface area contributed by atoms with Crippen molar-refractivity contribution in [2.45, 2.75) is 26.8 Å². The highest BCUT2D eigenvalue weighted by Crippen LogP contribution is 2.23. The molecule has 1 aromatic heterocycles. The van der Waals surface area contributed by atoms with Crippen molar-refractivity contribution in [3.8, 4) is 0 Å². The molecule has 0 aliphatic rings. The Kier molecular flexibility index (Phi) is 5.11. The first-order chi connectivity index (χ1) is 8.15. The molecule has 0 bridgehead atoms. The normalized spacial score (nSPS) is 12.3. The molecule has 0 saturated carbocycles. The van der Waals surface area contributed by atoms with Gasteiger partial charge in [0, 0.05) is 19.2 Å². The summed E-state index contributed by atoms with van der Waals surface area (Å²) in [5.41, 5.74) is 3.52. The van der Waals surface area contributed by atoms with Gasteiger partial charge in [-0.3, -0.25) is 0 Å². The quantitative estimate of drug-likeness (QED) is 0.568. The molecular formula is C11H21N5O. The first-order valence-corrected chi connectivity index (χ1v) is 5.69. The maximum Gasteiger partial charge on any atom is 0.148 e. The van der Waals surface area contributed by atoms with Gasteiger partial charge in [-0.25, -0.2) is 15.8 Å². The van der Waals surface area contributed by atoms with E-state index in [1.165, 1.54) is 6.33 Å². The van der Waals surface area contributed by atoms with Gasteiger partial charge in [0.25, 0.3) is 0 Å². The Labute approximate surface area is 102 Å². The lowest BCUT2D eigenvalue weighted by molar-refractivity contribution is 0.181. The predicted octanol–water partition coefficient (Wildman–Crippen LogP) is 0.932. The van der Waals surface area contributed by atoms with Crippen molar-refractivity contribution in [1.82, 2.24) is 9.97 Å². The van der Waals surface area contributed by atoms with E-state index in [9.17, 15) is 0 Å². The average molecular weight is 239 g/mol. The largest absolute Gasteiger partial charge is 0.383 e. The first kappa shape index (κ1) is 13.7. The standard InChI is InChI=1S/C11H21N5O/c1-5-16(8(2)6-17-4)11-9(3)10(15-12)13-7-14-11/h7-8H,5-6,12H2,1-4H3,(H,13,14,15). The zero-order chi connectivity index (χ0) is 12.8. The fourth-order valence-corrected chi connectivity index (χ4v) is 1.88. The smallest absolute Gasteiger partial charge is 0.148 e. The van der Waals surface area contributed by atoms with Crippen LogP contribution in [-0.2, 0) is 4.74 Å². The molecule has 0 aromatic carbocycles. The van der Waals surface area contributed by atoms with Crippen LogP contribution in [0.15, 0.2) is 6.33 Å². The molecule has 6 nitrogen and oxygen atoms in total. The second kappa shape index (κ2) is 6.36. The van der Waals surface area contributed by atoms with Gasteiger partial charge in [0.2, 0.25) is 0 Å². The topological polar surface area (TPSA) is 76.3 Å². The highest BCUT2D eigenvalue weighted by atomic mass is 16.5. The average Bonchev–Trinajstić information content (AvgIpc) is 2.32. The van der Waals surface area contributed by atoms with Crippen LogP contribution < -0.4 is 16.2 Å². The SMILES string of the molecule is CCN(c1ncnc(NN)c1C)C(C)COC. The number of anilines is 2. The zero-order valence-electron chi connectivity index (χ0n) is 10.9. The Morgan fingerprint density at radius 1 is 1.53 bits per heavy atom. The molecule has 17 heavy (non-hydrogen) atoms. The lowest BCUT2D eigenvalue weighted by atomic mass is 10.2. The molecule has 0 aliphatic heterocycles. The van der Waals surface area contributed by atoms with E-state index in [-0.39, 0.29) is 6.04 Å². The van der Waals surface area contributed by atoms with Gasteiger partial charge in [0.05, 0.1) is 12.6 Å². The molecule has 1 atom stereocenters. The highest BCUT2D eigenvalue weighted by Gasteiger charge is 2.17. The summed E-state index contributed by atoms with van der Waals surface area (Å²) in [6.45, 7) is 7.65. The van der Waals surface area contributed by atoms with E-state index < -0.39 is 0 Å². The van der Waals surface area contributed by atoms with E-state index in [2.05, 4.69) is 34.1 Å². The third-order valence-corrected chi connectivity index (χ3v) is 2.75. The number of hydrogen-bond donors (Lipinski definition) is 2. The predicted molar refractivity (Wildman–Crippen MR) is 68.9 cm³/mol. The van der Waals surface area contributed by atoms with Gasteiger partial charge in [-0.05, 0) is 20.8 Å². The van der Waals surface area contributed by atoms with E-state index in [1.807, 2.05) is 6.92 Å². The number of nitrogens with zero attached hydrogens (tertiary/aromatic N) is 3. The molecule has 1 heterocycles. The van der Waals surface area contributed by atoms with E-state index >= 15 is 0 Å². The van der Waals surface area contributed by atoms with Crippen LogP contribution >= 0.6 is 0 Å². The molecule has 1 unspecified atom stereocenters. The molecule has 0 fully saturated rings. The summed E-state index contributed by atoms with van der Waals surface area (Å²) in [6, 6.07) is 0.254. The van der Waals surface area contributed by atoms with Crippen LogP contribution in [0.25, 0.3) is 0 Å². The van der Waals surface area contributed by atoms with Gasteiger partial charge in [0.15, 0.2) is 0 Å². The van der Waals surface area contributed by atoms with Crippen molar-refractivity contribution in [3.05, 3.63) is 11.9 Å². The van der Waals surface area contributed by atoms with Gasteiger partial charge in [-0.15, -0.1) is 0 Å². The number of nitrogens with two attached hydrogens (primary N) is 1. The molecule has 1 rings (SSSR count). The van der Waals surface area contributed by atoms with Crippen molar-refractivity contribution in [3.63, 3.8) is 0 Å². The van der Waals surface area contributed by atoms with E-state index in [4.69, 9.17) is 10.6 Å². The number of likely N-dealkylation sites (N-methyl/N-ethyl adjacent to an activating group) is 1. The number of rotatable bonds is 6. The Hall–Kier alpha value is -1.40. The van der Waals surface area contributed by atoms with Crippen LogP contribution in [0.2, 0.25) is 0 Å². The van der Waals surface area contributed by atoms with Gasteiger partial charge >= 0.3 is 0 Å². The van der Waals surface area contributed by atoms with Crippen molar-refractivity contribution in [2.24, 2.45) is 5.84 Å². The Balaban J connectivity index is 3.03. The molecule has 6 heteroatoms. The first-order valence-electron chi connectivity index (χ1n) is 5.69. The number of hydrazine groups is 1. The second-order valence-electron chi connectivity index (χ2n) is 3.91. The van der Waals surface area contributed by atoms with Crippen LogP contribution in [0.1, 0.15) is 19.4 Å². The molecule has 0 aliphatic carbocycles. The summed E-state index contributed by atoms with van der Waals surface area (Å²) >= 11 is 0. The molecule has 1 aromatic rings. The maximum absolute atomic E-state index is 5.41. The van der Waals surface area contributed by atoms with Crippen LogP contribution in [-0.4, -0.2) is 36.3 Å². The molecule has 3 N–H and O–H groups in total. The summed E-state index contributed by atoms with van der Waals surface area (Å²) in [5.74, 6) is 6.95. The van der Waals surface area contributed by atoms with Crippen molar-refractivity contribution < 1.29 is 4.74 Å². The van der Waals surface area contributed by atoms with Gasteiger partial charge < -0.3 is 15.1 Å². The van der Waals surface area contributed by atoms with E-state index in [0.717, 1.165) is 17.9 Å². The maximum atomic E-state index is 5.41. The Bertz CT molecular complexity index is 358. The Morgan fingerprint density at radius 2 is 2.24 bits per heavy atom. The number of aromatic nitrogens is 2. The molecule has 0 radical (unpaired) electrons. The molecule has 0 saturated heterocycles. The van der Waals surface area contributed by atoms with E-state index in [0.29, 0.717) is 12.4 Å². The van der Waals surface area contributed by atoms with Crippen LogP contribution in [0, 0.1) is 6.92 Å². The van der Waals surface area contributed by atoms with Crippen LogP contribution in [0.5, 0.6) is 0 Å². The minimum atomic E-state index is 0.254. The number of nitrogen functional groups attached to an aromatic ring is 1. The van der Waals surface area contributed by atoms with Crippen molar-refractivity contribution in [1.29, 1.82) is 0 Å². The lowest BCUT2D eigenvalue weighted by Gasteiger charge is -2.30. The van der Waals surface area contributed by atoms with Gasteiger partial charge in [-0.2, -0.15) is 0 Å². The number of hydrogen-bond acceptors (Lipinski definition) is 6. The number of ether oxygens (including phenoxy) is 1. The fraction of sp³-hybridized carbons (Fsp3) is 0.636. The van der Waals surface area contributed by atoms with Crippen molar-refractivity contribution in [2.75, 3.05) is 30.6 Å². The summed E-state index contributed by atoms with van der Waals surface area (Å²) in [4.78, 5) is 10.6. The minimum Gasteiger partial charge on any atom is -0.383 e. The highest BCUT2D eigenvalue weighted by molar-refractivity contribution is 5.57. The molecule has 0 amide bonds. The summed E-state index contributed by atoms with van der Waals surface area (Å²) < 4.78 is 5.18. The molecule has 96 valence electrons.